The fourth-order valence-electron chi connectivity index (χ4n) is 3.07. The van der Waals surface area contributed by atoms with Gasteiger partial charge in [-0.1, -0.05) is 24.3 Å². The van der Waals surface area contributed by atoms with Crippen LogP contribution < -0.4 is 15.8 Å². The number of carbonyl (C=O) groups is 3. The molecule has 0 aromatic heterocycles. The minimum absolute atomic E-state index is 0.0239. The first-order valence-electron chi connectivity index (χ1n) is 10.1. The minimum Gasteiger partial charge on any atom is -0.452 e. The van der Waals surface area contributed by atoms with Gasteiger partial charge in [0, 0.05) is 11.3 Å². The quantitative estimate of drug-likeness (QED) is 0.422. The van der Waals surface area contributed by atoms with Gasteiger partial charge in [0.25, 0.3) is 15.9 Å². The van der Waals surface area contributed by atoms with E-state index in [2.05, 4.69) is 10.0 Å². The summed E-state index contributed by atoms with van der Waals surface area (Å²) in [6.07, 6.45) is 0. The van der Waals surface area contributed by atoms with Gasteiger partial charge in [0.05, 0.1) is 16.1 Å². The lowest BCUT2D eigenvalue weighted by Crippen LogP contribution is -2.22. The van der Waals surface area contributed by atoms with Gasteiger partial charge in [0.2, 0.25) is 5.91 Å². The zero-order chi connectivity index (χ0) is 24.9. The van der Waals surface area contributed by atoms with Crippen LogP contribution in [0, 0.1) is 13.8 Å². The van der Waals surface area contributed by atoms with Crippen LogP contribution in [0.25, 0.3) is 0 Å². The van der Waals surface area contributed by atoms with E-state index in [4.69, 9.17) is 10.5 Å². The Labute approximate surface area is 197 Å². The zero-order valence-electron chi connectivity index (χ0n) is 18.5. The van der Waals surface area contributed by atoms with E-state index in [1.54, 1.807) is 44.2 Å². The molecular formula is C24H23N3O6S. The van der Waals surface area contributed by atoms with Crippen molar-refractivity contribution in [2.45, 2.75) is 18.7 Å². The average molecular weight is 482 g/mol. The molecule has 3 aromatic rings. The van der Waals surface area contributed by atoms with Gasteiger partial charge < -0.3 is 15.8 Å². The van der Waals surface area contributed by atoms with E-state index in [9.17, 15) is 22.8 Å². The third-order valence-electron chi connectivity index (χ3n) is 4.81. The average Bonchev–Trinajstić information content (AvgIpc) is 2.79. The smallest absolute Gasteiger partial charge is 0.340 e. The molecule has 0 fully saturated rings. The summed E-state index contributed by atoms with van der Waals surface area (Å²) in [5.74, 6) is -2.09. The Bertz CT molecular complexity index is 1350. The number of aryl methyl sites for hydroxylation is 2. The summed E-state index contributed by atoms with van der Waals surface area (Å²) in [5.41, 5.74) is 7.14. The van der Waals surface area contributed by atoms with Crippen molar-refractivity contribution in [1.82, 2.24) is 0 Å². The Morgan fingerprint density at radius 3 is 2.29 bits per heavy atom. The van der Waals surface area contributed by atoms with Crippen LogP contribution in [0.4, 0.5) is 11.4 Å². The molecule has 3 aromatic carbocycles. The maximum atomic E-state index is 12.9. The van der Waals surface area contributed by atoms with Gasteiger partial charge in [-0.3, -0.25) is 14.3 Å². The Kier molecular flexibility index (Phi) is 7.32. The molecule has 0 heterocycles. The highest BCUT2D eigenvalue weighted by atomic mass is 32.2. The van der Waals surface area contributed by atoms with Crippen molar-refractivity contribution in [2.75, 3.05) is 16.6 Å². The van der Waals surface area contributed by atoms with Crippen LogP contribution in [0.2, 0.25) is 0 Å². The Hall–Kier alpha value is -4.18. The lowest BCUT2D eigenvalue weighted by molar-refractivity contribution is -0.119. The molecule has 0 spiro atoms. The van der Waals surface area contributed by atoms with E-state index in [0.717, 1.165) is 5.56 Å². The molecule has 176 valence electrons. The van der Waals surface area contributed by atoms with E-state index in [1.165, 1.54) is 36.4 Å². The molecular weight excluding hydrogens is 458 g/mol. The van der Waals surface area contributed by atoms with Gasteiger partial charge in [0.1, 0.15) is 0 Å². The van der Waals surface area contributed by atoms with Gasteiger partial charge in [-0.25, -0.2) is 13.2 Å². The zero-order valence-corrected chi connectivity index (χ0v) is 19.3. The van der Waals surface area contributed by atoms with Crippen LogP contribution in [-0.4, -0.2) is 32.8 Å². The first-order valence-corrected chi connectivity index (χ1v) is 11.6. The molecule has 3 rings (SSSR count). The lowest BCUT2D eigenvalue weighted by Gasteiger charge is -2.14. The third kappa shape index (κ3) is 5.99. The standard InChI is InChI=1S/C24H23N3O6S/c1-15-7-8-16(2)21(13-15)34(31,32)27-20-6-4-3-5-19(20)24(30)33-14-22(28)26-18-11-9-17(10-12-18)23(25)29/h3-13,27H,14H2,1-2H3,(H2,25,29)(H,26,28). The Morgan fingerprint density at radius 1 is 0.941 bits per heavy atom. The number of sulfonamides is 1. The highest BCUT2D eigenvalue weighted by Gasteiger charge is 2.21. The maximum absolute atomic E-state index is 12.9. The Balaban J connectivity index is 1.69. The number of nitrogens with one attached hydrogen (secondary N) is 2. The number of carbonyl (C=O) groups excluding carboxylic acids is 3. The van der Waals surface area contributed by atoms with Crippen molar-refractivity contribution in [3.63, 3.8) is 0 Å². The Morgan fingerprint density at radius 2 is 1.62 bits per heavy atom. The number of primary amides is 1. The van der Waals surface area contributed by atoms with Crippen molar-refractivity contribution in [3.8, 4) is 0 Å². The second-order valence-corrected chi connectivity index (χ2v) is 9.14. The number of rotatable bonds is 8. The molecule has 34 heavy (non-hydrogen) atoms. The summed E-state index contributed by atoms with van der Waals surface area (Å²) in [5, 5.41) is 2.52. The highest BCUT2D eigenvalue weighted by Crippen LogP contribution is 2.23. The molecule has 2 amide bonds. The molecule has 0 bridgehead atoms. The van der Waals surface area contributed by atoms with E-state index < -0.39 is 34.4 Å². The van der Waals surface area contributed by atoms with E-state index in [1.807, 2.05) is 0 Å². The predicted molar refractivity (Wildman–Crippen MR) is 127 cm³/mol. The predicted octanol–water partition coefficient (Wildman–Crippen LogP) is 3.00. The number of hydrogen-bond acceptors (Lipinski definition) is 6. The fraction of sp³-hybridized carbons (Fsp3) is 0.125. The molecule has 4 N–H and O–H groups in total. The van der Waals surface area contributed by atoms with Crippen LogP contribution in [-0.2, 0) is 19.6 Å². The first-order chi connectivity index (χ1) is 16.1. The minimum atomic E-state index is -3.97. The highest BCUT2D eigenvalue weighted by molar-refractivity contribution is 7.92. The second kappa shape index (κ2) is 10.2. The summed E-state index contributed by atoms with van der Waals surface area (Å²) < 4.78 is 33.4. The molecule has 9 nitrogen and oxygen atoms in total. The molecule has 0 aliphatic heterocycles. The summed E-state index contributed by atoms with van der Waals surface area (Å²) in [6.45, 7) is 2.85. The van der Waals surface area contributed by atoms with Gasteiger partial charge >= 0.3 is 5.97 Å². The summed E-state index contributed by atoms with van der Waals surface area (Å²) in [7, 11) is -3.97. The molecule has 0 saturated heterocycles. The van der Waals surface area contributed by atoms with Crippen LogP contribution >= 0.6 is 0 Å². The number of hydrogen-bond donors (Lipinski definition) is 3. The number of anilines is 2. The number of para-hydroxylation sites is 1. The number of benzene rings is 3. The molecule has 10 heteroatoms. The van der Waals surface area contributed by atoms with Crippen LogP contribution in [0.3, 0.4) is 0 Å². The van der Waals surface area contributed by atoms with Crippen molar-refractivity contribution >= 4 is 39.2 Å². The summed E-state index contributed by atoms with van der Waals surface area (Å²) in [4.78, 5) is 35.9. The first kappa shape index (κ1) is 24.5. The molecule has 0 atom stereocenters. The van der Waals surface area contributed by atoms with Crippen molar-refractivity contribution in [2.24, 2.45) is 5.73 Å². The molecule has 0 aliphatic carbocycles. The maximum Gasteiger partial charge on any atom is 0.340 e. The molecule has 0 unspecified atom stereocenters. The van der Waals surface area contributed by atoms with Gasteiger partial charge in [-0.15, -0.1) is 0 Å². The normalized spacial score (nSPS) is 10.9. The SMILES string of the molecule is Cc1ccc(C)c(S(=O)(=O)Nc2ccccc2C(=O)OCC(=O)Nc2ccc(C(N)=O)cc2)c1. The number of nitrogens with two attached hydrogens (primary N) is 1. The topological polar surface area (TPSA) is 145 Å². The van der Waals surface area contributed by atoms with E-state index in [-0.39, 0.29) is 21.7 Å². The lowest BCUT2D eigenvalue weighted by atomic mass is 10.2. The summed E-state index contributed by atoms with van der Waals surface area (Å²) >= 11 is 0. The molecule has 0 saturated carbocycles. The van der Waals surface area contributed by atoms with Crippen LogP contribution in [0.1, 0.15) is 31.8 Å². The van der Waals surface area contributed by atoms with Crippen molar-refractivity contribution in [1.29, 1.82) is 0 Å². The summed E-state index contributed by atoms with van der Waals surface area (Å²) in [6, 6.07) is 16.8. The van der Waals surface area contributed by atoms with Crippen LogP contribution in [0.15, 0.2) is 71.6 Å². The van der Waals surface area contributed by atoms with E-state index >= 15 is 0 Å². The van der Waals surface area contributed by atoms with Crippen LogP contribution in [0.5, 0.6) is 0 Å². The third-order valence-corrected chi connectivity index (χ3v) is 6.32. The fourth-order valence-corrected chi connectivity index (χ4v) is 4.48. The van der Waals surface area contributed by atoms with Gasteiger partial charge in [-0.05, 0) is 67.4 Å². The monoisotopic (exact) mass is 481 g/mol. The number of ether oxygens (including phenoxy) is 1. The van der Waals surface area contributed by atoms with E-state index in [0.29, 0.717) is 11.3 Å². The van der Waals surface area contributed by atoms with Crippen molar-refractivity contribution in [3.05, 3.63) is 89.0 Å². The molecule has 0 radical (unpaired) electrons. The number of amides is 2. The second-order valence-electron chi connectivity index (χ2n) is 7.49. The van der Waals surface area contributed by atoms with Gasteiger partial charge in [0.15, 0.2) is 6.61 Å². The van der Waals surface area contributed by atoms with Crippen molar-refractivity contribution < 1.29 is 27.5 Å². The largest absolute Gasteiger partial charge is 0.452 e. The van der Waals surface area contributed by atoms with Gasteiger partial charge in [-0.2, -0.15) is 0 Å². The molecule has 0 aliphatic rings. The number of esters is 1.